The highest BCUT2D eigenvalue weighted by Crippen LogP contribution is 2.12. The number of nitrogens with one attached hydrogen (secondary N) is 1. The van der Waals surface area contributed by atoms with Gasteiger partial charge < -0.3 is 11.1 Å². The van der Waals surface area contributed by atoms with Crippen molar-refractivity contribution in [1.82, 2.24) is 14.8 Å². The minimum Gasteiger partial charge on any atom is -0.399 e. The van der Waals surface area contributed by atoms with E-state index >= 15 is 0 Å². The molecule has 3 aromatic rings. The first-order valence-electron chi connectivity index (χ1n) is 6.35. The van der Waals surface area contributed by atoms with Crippen LogP contribution < -0.4 is 11.1 Å². The predicted molar refractivity (Wildman–Crippen MR) is 80.2 cm³/mol. The van der Waals surface area contributed by atoms with E-state index in [1.165, 1.54) is 0 Å². The Hall–Kier alpha value is -3.15. The van der Waals surface area contributed by atoms with E-state index in [0.29, 0.717) is 17.1 Å². The van der Waals surface area contributed by atoms with Gasteiger partial charge in [-0.25, -0.2) is 4.68 Å². The number of nitrogens with two attached hydrogens (primary N) is 1. The van der Waals surface area contributed by atoms with Gasteiger partial charge in [0.1, 0.15) is 0 Å². The Labute approximate surface area is 121 Å². The Morgan fingerprint density at radius 2 is 1.76 bits per heavy atom. The molecule has 6 nitrogen and oxygen atoms in total. The topological polar surface area (TPSA) is 85.8 Å². The predicted octanol–water partition coefficient (Wildman–Crippen LogP) is 2.10. The molecule has 2 aromatic heterocycles. The average molecular weight is 279 g/mol. The summed E-state index contributed by atoms with van der Waals surface area (Å²) in [5, 5.41) is 7.01. The quantitative estimate of drug-likeness (QED) is 0.719. The van der Waals surface area contributed by atoms with Crippen LogP contribution >= 0.6 is 0 Å². The van der Waals surface area contributed by atoms with Gasteiger partial charge in [0.25, 0.3) is 5.91 Å². The Bertz CT molecular complexity index is 749. The molecule has 0 atom stereocenters. The fourth-order valence-corrected chi connectivity index (χ4v) is 1.85. The average Bonchev–Trinajstić information content (AvgIpc) is 2.99. The van der Waals surface area contributed by atoms with Crippen molar-refractivity contribution in [2.24, 2.45) is 0 Å². The molecule has 0 aliphatic heterocycles. The van der Waals surface area contributed by atoms with Crippen LogP contribution in [0.2, 0.25) is 0 Å². The summed E-state index contributed by atoms with van der Waals surface area (Å²) in [5.41, 5.74) is 8.18. The van der Waals surface area contributed by atoms with Gasteiger partial charge in [0.2, 0.25) is 0 Å². The van der Waals surface area contributed by atoms with Crippen molar-refractivity contribution in [2.45, 2.75) is 0 Å². The number of rotatable bonds is 3. The van der Waals surface area contributed by atoms with E-state index in [0.717, 1.165) is 5.69 Å². The van der Waals surface area contributed by atoms with Crippen LogP contribution in [0.15, 0.2) is 61.1 Å². The number of carbonyl (C=O) groups is 1. The van der Waals surface area contributed by atoms with Gasteiger partial charge >= 0.3 is 0 Å². The first-order chi connectivity index (χ1) is 10.2. The number of hydrogen-bond acceptors (Lipinski definition) is 4. The number of hydrogen-bond donors (Lipinski definition) is 2. The summed E-state index contributed by atoms with van der Waals surface area (Å²) < 4.78 is 1.63. The van der Waals surface area contributed by atoms with Crippen molar-refractivity contribution in [1.29, 1.82) is 0 Å². The van der Waals surface area contributed by atoms with Crippen LogP contribution in [0.5, 0.6) is 0 Å². The van der Waals surface area contributed by atoms with Crippen molar-refractivity contribution < 1.29 is 4.79 Å². The van der Waals surface area contributed by atoms with E-state index in [1.54, 1.807) is 53.6 Å². The van der Waals surface area contributed by atoms with E-state index < -0.39 is 0 Å². The molecule has 0 radical (unpaired) electrons. The SMILES string of the molecule is Nc1ccc(-n2ccc(C(=O)Nc3ccncc3)n2)cc1. The molecule has 21 heavy (non-hydrogen) atoms. The van der Waals surface area contributed by atoms with Gasteiger partial charge in [-0.1, -0.05) is 0 Å². The maximum atomic E-state index is 12.1. The maximum Gasteiger partial charge on any atom is 0.276 e. The van der Waals surface area contributed by atoms with Crippen LogP contribution in [0.4, 0.5) is 11.4 Å². The molecule has 0 bridgehead atoms. The van der Waals surface area contributed by atoms with E-state index in [9.17, 15) is 4.79 Å². The van der Waals surface area contributed by atoms with Crippen LogP contribution in [0.3, 0.4) is 0 Å². The molecule has 0 saturated carbocycles. The normalized spacial score (nSPS) is 10.3. The zero-order valence-corrected chi connectivity index (χ0v) is 11.1. The van der Waals surface area contributed by atoms with Gasteiger partial charge in [-0.2, -0.15) is 5.10 Å². The molecule has 0 aliphatic carbocycles. The lowest BCUT2D eigenvalue weighted by Gasteiger charge is -2.03. The van der Waals surface area contributed by atoms with Crippen molar-refractivity contribution >= 4 is 17.3 Å². The van der Waals surface area contributed by atoms with E-state index in [1.807, 2.05) is 12.1 Å². The standard InChI is InChI=1S/C15H13N5O/c16-11-1-3-13(4-2-11)20-10-7-14(19-20)15(21)18-12-5-8-17-9-6-12/h1-10H,16H2,(H,17,18,21). The molecule has 0 fully saturated rings. The van der Waals surface area contributed by atoms with E-state index in [2.05, 4.69) is 15.4 Å². The summed E-state index contributed by atoms with van der Waals surface area (Å²) in [5.74, 6) is -0.268. The van der Waals surface area contributed by atoms with Gasteiger partial charge in [-0.3, -0.25) is 9.78 Å². The van der Waals surface area contributed by atoms with Gasteiger partial charge in [0.05, 0.1) is 5.69 Å². The van der Waals surface area contributed by atoms with Crippen LogP contribution in [0.25, 0.3) is 5.69 Å². The number of carbonyl (C=O) groups excluding carboxylic acids is 1. The second kappa shape index (κ2) is 5.46. The molecule has 6 heteroatoms. The van der Waals surface area contributed by atoms with Crippen LogP contribution in [-0.4, -0.2) is 20.7 Å². The number of anilines is 2. The lowest BCUT2D eigenvalue weighted by atomic mass is 10.3. The monoisotopic (exact) mass is 279 g/mol. The fourth-order valence-electron chi connectivity index (χ4n) is 1.85. The molecule has 3 N–H and O–H groups in total. The lowest BCUT2D eigenvalue weighted by molar-refractivity contribution is 0.102. The number of nitrogen functional groups attached to an aromatic ring is 1. The molecule has 1 amide bonds. The number of benzene rings is 1. The zero-order valence-electron chi connectivity index (χ0n) is 11.1. The second-order valence-electron chi connectivity index (χ2n) is 4.43. The Morgan fingerprint density at radius 1 is 1.05 bits per heavy atom. The molecule has 0 saturated heterocycles. The maximum absolute atomic E-state index is 12.1. The van der Waals surface area contributed by atoms with Gasteiger partial charge in [-0.05, 0) is 42.5 Å². The highest BCUT2D eigenvalue weighted by molar-refractivity contribution is 6.02. The van der Waals surface area contributed by atoms with Gasteiger partial charge in [-0.15, -0.1) is 0 Å². The van der Waals surface area contributed by atoms with Crippen LogP contribution in [0.1, 0.15) is 10.5 Å². The summed E-state index contributed by atoms with van der Waals surface area (Å²) in [6.07, 6.45) is 4.96. The Kier molecular flexibility index (Phi) is 3.34. The van der Waals surface area contributed by atoms with Crippen molar-refractivity contribution in [3.8, 4) is 5.69 Å². The fraction of sp³-hybridized carbons (Fsp3) is 0. The third-order valence-corrected chi connectivity index (χ3v) is 2.92. The second-order valence-corrected chi connectivity index (χ2v) is 4.43. The third-order valence-electron chi connectivity index (χ3n) is 2.92. The van der Waals surface area contributed by atoms with Crippen LogP contribution in [0, 0.1) is 0 Å². The Balaban J connectivity index is 1.78. The highest BCUT2D eigenvalue weighted by atomic mass is 16.1. The van der Waals surface area contributed by atoms with Crippen LogP contribution in [-0.2, 0) is 0 Å². The smallest absolute Gasteiger partial charge is 0.276 e. The molecule has 0 unspecified atom stereocenters. The number of amides is 1. The van der Waals surface area contributed by atoms with Gasteiger partial charge in [0.15, 0.2) is 5.69 Å². The van der Waals surface area contributed by atoms with Gasteiger partial charge in [0, 0.05) is 30.0 Å². The molecular weight excluding hydrogens is 266 g/mol. The summed E-state index contributed by atoms with van der Waals surface area (Å²) in [6, 6.07) is 12.3. The largest absolute Gasteiger partial charge is 0.399 e. The van der Waals surface area contributed by atoms with E-state index in [-0.39, 0.29) is 5.91 Å². The Morgan fingerprint density at radius 3 is 2.48 bits per heavy atom. The first kappa shape index (κ1) is 12.9. The molecule has 0 aliphatic rings. The summed E-state index contributed by atoms with van der Waals surface area (Å²) in [7, 11) is 0. The summed E-state index contributed by atoms with van der Waals surface area (Å²) in [6.45, 7) is 0. The molecular formula is C15H13N5O. The minimum absolute atomic E-state index is 0.268. The van der Waals surface area contributed by atoms with Crippen molar-refractivity contribution in [3.05, 3.63) is 66.7 Å². The highest BCUT2D eigenvalue weighted by Gasteiger charge is 2.10. The zero-order chi connectivity index (χ0) is 14.7. The van der Waals surface area contributed by atoms with E-state index in [4.69, 9.17) is 5.73 Å². The third kappa shape index (κ3) is 2.89. The summed E-state index contributed by atoms with van der Waals surface area (Å²) in [4.78, 5) is 16.0. The van der Waals surface area contributed by atoms with Crippen molar-refractivity contribution in [2.75, 3.05) is 11.1 Å². The minimum atomic E-state index is -0.268. The number of nitrogens with zero attached hydrogens (tertiary/aromatic N) is 3. The summed E-state index contributed by atoms with van der Waals surface area (Å²) >= 11 is 0. The number of pyridine rings is 1. The lowest BCUT2D eigenvalue weighted by Crippen LogP contribution is -2.13. The molecule has 0 spiro atoms. The number of aromatic nitrogens is 3. The molecule has 2 heterocycles. The molecule has 3 rings (SSSR count). The molecule has 1 aromatic carbocycles. The molecule has 104 valence electrons. The first-order valence-corrected chi connectivity index (χ1v) is 6.35. The van der Waals surface area contributed by atoms with Crippen molar-refractivity contribution in [3.63, 3.8) is 0 Å².